The van der Waals surface area contributed by atoms with Crippen LogP contribution in [-0.4, -0.2) is 37.3 Å². The van der Waals surface area contributed by atoms with E-state index in [-0.39, 0.29) is 17.9 Å². The second-order valence-electron chi connectivity index (χ2n) is 5.73. The number of benzene rings is 1. The van der Waals surface area contributed by atoms with Crippen LogP contribution in [0.5, 0.6) is 0 Å². The normalized spacial score (nSPS) is 11.7. The third-order valence-corrected chi connectivity index (χ3v) is 3.55. The smallest absolute Gasteiger partial charge is 0.321 e. The fourth-order valence-electron chi connectivity index (χ4n) is 2.34. The minimum atomic E-state index is -0.357. The molecule has 0 saturated carbocycles. The van der Waals surface area contributed by atoms with Gasteiger partial charge in [0.25, 0.3) is 5.95 Å². The molecule has 25 heavy (non-hydrogen) atoms. The summed E-state index contributed by atoms with van der Waals surface area (Å²) in [5, 5.41) is 13.2. The van der Waals surface area contributed by atoms with E-state index >= 15 is 0 Å². The monoisotopic (exact) mass is 337 g/mol. The number of anilines is 1. The molecular formula is C17H19N7O. The molecule has 2 heterocycles. The zero-order chi connectivity index (χ0) is 17.5. The molecule has 0 bridgehead atoms. The van der Waals surface area contributed by atoms with Gasteiger partial charge in [-0.25, -0.2) is 14.8 Å². The van der Waals surface area contributed by atoms with Gasteiger partial charge in [-0.3, -0.25) is 5.32 Å². The van der Waals surface area contributed by atoms with Gasteiger partial charge < -0.3 is 9.88 Å². The summed E-state index contributed by atoms with van der Waals surface area (Å²) in [5.74, 6) is 0.427. The number of amides is 2. The molecule has 1 atom stereocenters. The van der Waals surface area contributed by atoms with Crippen molar-refractivity contribution in [3.8, 4) is 11.3 Å². The van der Waals surface area contributed by atoms with Crippen LogP contribution in [0, 0.1) is 5.92 Å². The average molecular weight is 337 g/mol. The second-order valence-corrected chi connectivity index (χ2v) is 5.73. The van der Waals surface area contributed by atoms with E-state index in [0.29, 0.717) is 12.2 Å². The van der Waals surface area contributed by atoms with Crippen LogP contribution >= 0.6 is 0 Å². The van der Waals surface area contributed by atoms with E-state index in [1.165, 1.54) is 0 Å². The maximum Gasteiger partial charge on any atom is 0.321 e. The maximum absolute atomic E-state index is 12.0. The van der Waals surface area contributed by atoms with Crippen LogP contribution in [0.1, 0.15) is 6.92 Å². The lowest BCUT2D eigenvalue weighted by Crippen LogP contribution is -2.34. The van der Waals surface area contributed by atoms with Gasteiger partial charge in [0.15, 0.2) is 0 Å². The van der Waals surface area contributed by atoms with Crippen molar-refractivity contribution in [1.82, 2.24) is 30.0 Å². The van der Waals surface area contributed by atoms with E-state index < -0.39 is 0 Å². The molecule has 3 aromatic rings. The van der Waals surface area contributed by atoms with Crippen LogP contribution in [-0.2, 0) is 6.54 Å². The van der Waals surface area contributed by atoms with E-state index in [4.69, 9.17) is 0 Å². The molecule has 0 spiro atoms. The molecule has 8 heteroatoms. The Bertz CT molecular complexity index is 805. The lowest BCUT2D eigenvalue weighted by atomic mass is 10.2. The Balaban J connectivity index is 1.52. The van der Waals surface area contributed by atoms with E-state index in [0.717, 1.165) is 12.1 Å². The summed E-state index contributed by atoms with van der Waals surface area (Å²) in [5.41, 5.74) is 1.56. The highest BCUT2D eigenvalue weighted by Crippen LogP contribution is 2.15. The molecule has 1 aromatic carbocycles. The van der Waals surface area contributed by atoms with Gasteiger partial charge in [0.05, 0.1) is 18.2 Å². The average Bonchev–Trinajstić information content (AvgIpc) is 3.14. The fourth-order valence-corrected chi connectivity index (χ4v) is 2.34. The van der Waals surface area contributed by atoms with Crippen LogP contribution < -0.4 is 10.6 Å². The van der Waals surface area contributed by atoms with Gasteiger partial charge in [0.1, 0.15) is 0 Å². The van der Waals surface area contributed by atoms with Gasteiger partial charge in [-0.05, 0) is 5.92 Å². The molecule has 3 rings (SSSR count). The highest BCUT2D eigenvalue weighted by atomic mass is 16.2. The number of carbonyl (C=O) groups excluding carboxylic acids is 1. The number of hydrogen-bond acceptors (Lipinski definition) is 5. The van der Waals surface area contributed by atoms with Gasteiger partial charge in [-0.1, -0.05) is 37.3 Å². The predicted octanol–water partition coefficient (Wildman–Crippen LogP) is 2.19. The number of urea groups is 1. The highest BCUT2D eigenvalue weighted by molar-refractivity contribution is 5.87. The summed E-state index contributed by atoms with van der Waals surface area (Å²) in [6, 6.07) is 9.25. The highest BCUT2D eigenvalue weighted by Gasteiger charge is 2.09. The van der Waals surface area contributed by atoms with Crippen LogP contribution in [0.25, 0.3) is 11.3 Å². The summed E-state index contributed by atoms with van der Waals surface area (Å²) < 4.78 is 1.97. The summed E-state index contributed by atoms with van der Waals surface area (Å²) in [4.78, 5) is 20.3. The molecular weight excluding hydrogens is 318 g/mol. The molecule has 0 radical (unpaired) electrons. The Hall–Kier alpha value is -3.29. The zero-order valence-corrected chi connectivity index (χ0v) is 13.8. The van der Waals surface area contributed by atoms with E-state index in [1.54, 1.807) is 18.7 Å². The Labute approximate surface area is 145 Å². The summed E-state index contributed by atoms with van der Waals surface area (Å²) in [6.45, 7) is 3.35. The van der Waals surface area contributed by atoms with Crippen LogP contribution in [0.2, 0.25) is 0 Å². The Morgan fingerprint density at radius 1 is 1.28 bits per heavy atom. The lowest BCUT2D eigenvalue weighted by Gasteiger charge is -2.13. The number of aromatic nitrogens is 5. The van der Waals surface area contributed by atoms with Crippen LogP contribution in [0.4, 0.5) is 10.7 Å². The lowest BCUT2D eigenvalue weighted by molar-refractivity contribution is 0.249. The number of carbonyl (C=O) groups is 1. The molecule has 2 N–H and O–H groups in total. The number of rotatable bonds is 6. The van der Waals surface area contributed by atoms with E-state index in [2.05, 4.69) is 30.8 Å². The van der Waals surface area contributed by atoms with Gasteiger partial charge in [0.2, 0.25) is 0 Å². The zero-order valence-electron chi connectivity index (χ0n) is 13.8. The quantitative estimate of drug-likeness (QED) is 0.718. The van der Waals surface area contributed by atoms with Crippen molar-refractivity contribution >= 4 is 12.0 Å². The van der Waals surface area contributed by atoms with Gasteiger partial charge >= 0.3 is 6.03 Å². The van der Waals surface area contributed by atoms with Crippen molar-refractivity contribution in [1.29, 1.82) is 0 Å². The second kappa shape index (κ2) is 8.00. The molecule has 0 unspecified atom stereocenters. The molecule has 128 valence electrons. The van der Waals surface area contributed by atoms with Gasteiger partial charge in [-0.2, -0.15) is 5.10 Å². The number of hydrogen-bond donors (Lipinski definition) is 2. The van der Waals surface area contributed by atoms with Crippen LogP contribution in [0.3, 0.4) is 0 Å². The first-order chi connectivity index (χ1) is 12.2. The molecule has 0 aliphatic carbocycles. The van der Waals surface area contributed by atoms with Crippen molar-refractivity contribution in [2.24, 2.45) is 5.92 Å². The minimum Gasteiger partial charge on any atom is -0.337 e. The van der Waals surface area contributed by atoms with Gasteiger partial charge in [-0.15, -0.1) is 5.10 Å². The molecule has 0 aliphatic heterocycles. The summed E-state index contributed by atoms with van der Waals surface area (Å²) in [7, 11) is 0. The minimum absolute atomic E-state index is 0.168. The van der Waals surface area contributed by atoms with Crippen molar-refractivity contribution in [2.45, 2.75) is 13.5 Å². The molecule has 0 fully saturated rings. The Morgan fingerprint density at radius 3 is 2.88 bits per heavy atom. The molecule has 8 nitrogen and oxygen atoms in total. The fraction of sp³-hybridized carbons (Fsp3) is 0.235. The van der Waals surface area contributed by atoms with Crippen molar-refractivity contribution < 1.29 is 4.79 Å². The topological polar surface area (TPSA) is 97.6 Å². The molecule has 0 aliphatic rings. The summed E-state index contributed by atoms with van der Waals surface area (Å²) >= 11 is 0. The third-order valence-electron chi connectivity index (χ3n) is 3.55. The first-order valence-electron chi connectivity index (χ1n) is 7.96. The first kappa shape index (κ1) is 16.6. The predicted molar refractivity (Wildman–Crippen MR) is 93.7 cm³/mol. The van der Waals surface area contributed by atoms with E-state index in [9.17, 15) is 4.79 Å². The molecule has 2 amide bonds. The van der Waals surface area contributed by atoms with Gasteiger partial charge in [0, 0.05) is 31.0 Å². The number of imidazole rings is 1. The SMILES string of the molecule is C[C@@H](CNC(=O)Nc1nncc(-c2ccccc2)n1)Cn1ccnc1. The van der Waals surface area contributed by atoms with Crippen LogP contribution in [0.15, 0.2) is 55.2 Å². The van der Waals surface area contributed by atoms with E-state index in [1.807, 2.05) is 48.0 Å². The standard InChI is InChI=1S/C17H19N7O/c1-13(11-24-8-7-18-12-24)9-19-17(25)22-16-21-15(10-20-23-16)14-5-3-2-4-6-14/h2-8,10,12-13H,9,11H2,1H3,(H2,19,21,22,23,25)/t13-/m0/s1. The third kappa shape index (κ3) is 4.84. The Morgan fingerprint density at radius 2 is 2.12 bits per heavy atom. The van der Waals surface area contributed by atoms with Crippen molar-refractivity contribution in [3.05, 3.63) is 55.2 Å². The number of nitrogens with one attached hydrogen (secondary N) is 2. The molecule has 2 aromatic heterocycles. The summed E-state index contributed by atoms with van der Waals surface area (Å²) in [6.07, 6.45) is 6.94. The largest absolute Gasteiger partial charge is 0.337 e. The molecule has 0 saturated heterocycles. The van der Waals surface area contributed by atoms with Crippen molar-refractivity contribution in [3.63, 3.8) is 0 Å². The Kier molecular flexibility index (Phi) is 5.30. The number of nitrogens with zero attached hydrogens (tertiary/aromatic N) is 5. The van der Waals surface area contributed by atoms with Crippen molar-refractivity contribution in [2.75, 3.05) is 11.9 Å². The first-order valence-corrected chi connectivity index (χ1v) is 7.96. The maximum atomic E-state index is 12.0.